The van der Waals surface area contributed by atoms with Crippen LogP contribution in [0.5, 0.6) is 0 Å². The highest BCUT2D eigenvalue weighted by molar-refractivity contribution is 5.34. The van der Waals surface area contributed by atoms with Gasteiger partial charge in [0.05, 0.1) is 0 Å². The Morgan fingerprint density at radius 2 is 1.78 bits per heavy atom. The molecule has 2 rings (SSSR count). The van der Waals surface area contributed by atoms with E-state index in [9.17, 15) is 5.11 Å². The van der Waals surface area contributed by atoms with E-state index in [0.717, 1.165) is 23.2 Å². The SMILES string of the molecule is CCCC(O)(c1ccccc1)c1ccc(C)nc1. The molecule has 0 saturated carbocycles. The van der Waals surface area contributed by atoms with Crippen LogP contribution in [0.1, 0.15) is 36.6 Å². The molecule has 2 aromatic rings. The van der Waals surface area contributed by atoms with Crippen LogP contribution in [-0.2, 0) is 5.60 Å². The maximum atomic E-state index is 11.0. The van der Waals surface area contributed by atoms with Gasteiger partial charge in [0.1, 0.15) is 5.60 Å². The van der Waals surface area contributed by atoms with Crippen LogP contribution < -0.4 is 0 Å². The van der Waals surface area contributed by atoms with Gasteiger partial charge in [-0.1, -0.05) is 49.7 Å². The highest BCUT2D eigenvalue weighted by Crippen LogP contribution is 2.33. The lowest BCUT2D eigenvalue weighted by Gasteiger charge is -2.28. The zero-order chi connectivity index (χ0) is 13.0. The zero-order valence-electron chi connectivity index (χ0n) is 10.9. The zero-order valence-corrected chi connectivity index (χ0v) is 10.9. The number of hydrogen-bond donors (Lipinski definition) is 1. The Balaban J connectivity index is 2.47. The summed E-state index contributed by atoms with van der Waals surface area (Å²) in [7, 11) is 0. The average Bonchev–Trinajstić information content (AvgIpc) is 2.40. The molecular weight excluding hydrogens is 222 g/mol. The van der Waals surface area contributed by atoms with E-state index >= 15 is 0 Å². The van der Waals surface area contributed by atoms with Crippen LogP contribution in [0.25, 0.3) is 0 Å². The Bertz CT molecular complexity index is 492. The minimum atomic E-state index is -0.934. The fraction of sp³-hybridized carbons (Fsp3) is 0.312. The molecule has 0 fully saturated rings. The minimum Gasteiger partial charge on any atom is -0.380 e. The first-order valence-electron chi connectivity index (χ1n) is 6.38. The van der Waals surface area contributed by atoms with Crippen LogP contribution in [-0.4, -0.2) is 10.1 Å². The van der Waals surface area contributed by atoms with Crippen molar-refractivity contribution in [3.8, 4) is 0 Å². The summed E-state index contributed by atoms with van der Waals surface area (Å²) in [6.45, 7) is 4.03. The van der Waals surface area contributed by atoms with Crippen molar-refractivity contribution in [2.75, 3.05) is 0 Å². The lowest BCUT2D eigenvalue weighted by atomic mass is 9.83. The van der Waals surface area contributed by atoms with Crippen molar-refractivity contribution in [2.45, 2.75) is 32.3 Å². The van der Waals surface area contributed by atoms with Gasteiger partial charge < -0.3 is 5.11 Å². The van der Waals surface area contributed by atoms with E-state index in [4.69, 9.17) is 0 Å². The number of aliphatic hydroxyl groups is 1. The van der Waals surface area contributed by atoms with Crippen LogP contribution in [0.3, 0.4) is 0 Å². The minimum absolute atomic E-state index is 0.696. The molecule has 2 heteroatoms. The second kappa shape index (κ2) is 5.32. The van der Waals surface area contributed by atoms with Gasteiger partial charge in [-0.2, -0.15) is 0 Å². The van der Waals surface area contributed by atoms with Crippen LogP contribution in [0.4, 0.5) is 0 Å². The van der Waals surface area contributed by atoms with E-state index in [-0.39, 0.29) is 0 Å². The Labute approximate surface area is 108 Å². The van der Waals surface area contributed by atoms with E-state index < -0.39 is 5.60 Å². The van der Waals surface area contributed by atoms with Crippen LogP contribution in [0.15, 0.2) is 48.7 Å². The first-order valence-corrected chi connectivity index (χ1v) is 6.38. The fourth-order valence-electron chi connectivity index (χ4n) is 2.24. The average molecular weight is 241 g/mol. The van der Waals surface area contributed by atoms with Gasteiger partial charge in [0.2, 0.25) is 0 Å². The van der Waals surface area contributed by atoms with Crippen molar-refractivity contribution in [1.82, 2.24) is 4.98 Å². The molecule has 1 heterocycles. The van der Waals surface area contributed by atoms with Crippen molar-refractivity contribution >= 4 is 0 Å². The van der Waals surface area contributed by atoms with E-state index in [1.807, 2.05) is 49.4 Å². The summed E-state index contributed by atoms with van der Waals surface area (Å²) >= 11 is 0. The molecule has 1 atom stereocenters. The van der Waals surface area contributed by atoms with Gasteiger partial charge >= 0.3 is 0 Å². The maximum absolute atomic E-state index is 11.0. The van der Waals surface area contributed by atoms with E-state index in [2.05, 4.69) is 11.9 Å². The lowest BCUT2D eigenvalue weighted by Crippen LogP contribution is -2.27. The molecule has 0 spiro atoms. The molecule has 0 aliphatic rings. The first kappa shape index (κ1) is 12.8. The van der Waals surface area contributed by atoms with Gasteiger partial charge in [0.25, 0.3) is 0 Å². The molecule has 0 bridgehead atoms. The number of benzene rings is 1. The fourth-order valence-corrected chi connectivity index (χ4v) is 2.24. The molecule has 0 radical (unpaired) electrons. The smallest absolute Gasteiger partial charge is 0.116 e. The number of nitrogens with zero attached hydrogens (tertiary/aromatic N) is 1. The van der Waals surface area contributed by atoms with Gasteiger partial charge in [-0.15, -0.1) is 0 Å². The van der Waals surface area contributed by atoms with E-state index in [1.54, 1.807) is 6.20 Å². The second-order valence-corrected chi connectivity index (χ2v) is 4.66. The van der Waals surface area contributed by atoms with E-state index in [0.29, 0.717) is 6.42 Å². The first-order chi connectivity index (χ1) is 8.66. The summed E-state index contributed by atoms with van der Waals surface area (Å²) in [5, 5.41) is 11.0. The largest absolute Gasteiger partial charge is 0.380 e. The molecule has 94 valence electrons. The summed E-state index contributed by atoms with van der Waals surface area (Å²) in [5.41, 5.74) is 1.82. The Morgan fingerprint density at radius 1 is 1.06 bits per heavy atom. The number of aromatic nitrogens is 1. The van der Waals surface area contributed by atoms with Crippen molar-refractivity contribution in [2.24, 2.45) is 0 Å². The highest BCUT2D eigenvalue weighted by atomic mass is 16.3. The van der Waals surface area contributed by atoms with Gasteiger partial charge in [0.15, 0.2) is 0 Å². The molecule has 1 aromatic heterocycles. The summed E-state index contributed by atoms with van der Waals surface area (Å²) in [6, 6.07) is 13.7. The predicted molar refractivity (Wildman–Crippen MR) is 73.3 cm³/mol. The summed E-state index contributed by atoms with van der Waals surface area (Å²) in [6.07, 6.45) is 3.39. The molecular formula is C16H19NO. The number of aryl methyl sites for hydroxylation is 1. The highest BCUT2D eigenvalue weighted by Gasteiger charge is 2.30. The molecule has 1 N–H and O–H groups in total. The molecule has 0 aliphatic carbocycles. The topological polar surface area (TPSA) is 33.1 Å². The molecule has 1 aromatic carbocycles. The monoisotopic (exact) mass is 241 g/mol. The van der Waals surface area contributed by atoms with Crippen molar-refractivity contribution < 1.29 is 5.11 Å². The standard InChI is InChI=1S/C16H19NO/c1-3-11-16(18,14-7-5-4-6-8-14)15-10-9-13(2)17-12-15/h4-10,12,18H,3,11H2,1-2H3. The Morgan fingerprint density at radius 3 is 2.33 bits per heavy atom. The normalized spacial score (nSPS) is 14.2. The van der Waals surface area contributed by atoms with Crippen molar-refractivity contribution in [1.29, 1.82) is 0 Å². The number of rotatable bonds is 4. The van der Waals surface area contributed by atoms with E-state index in [1.165, 1.54) is 0 Å². The third kappa shape index (κ3) is 2.44. The van der Waals surface area contributed by atoms with Gasteiger partial charge in [-0.3, -0.25) is 4.98 Å². The van der Waals surface area contributed by atoms with Crippen molar-refractivity contribution in [3.63, 3.8) is 0 Å². The summed E-state index contributed by atoms with van der Waals surface area (Å²) in [5.74, 6) is 0. The molecule has 0 aliphatic heterocycles. The summed E-state index contributed by atoms with van der Waals surface area (Å²) in [4.78, 5) is 4.29. The predicted octanol–water partition coefficient (Wildman–Crippen LogP) is 3.43. The van der Waals surface area contributed by atoms with Gasteiger partial charge in [-0.25, -0.2) is 0 Å². The molecule has 0 amide bonds. The Kier molecular flexibility index (Phi) is 3.78. The molecule has 2 nitrogen and oxygen atoms in total. The summed E-state index contributed by atoms with van der Waals surface area (Å²) < 4.78 is 0. The molecule has 1 unspecified atom stereocenters. The van der Waals surface area contributed by atoms with Gasteiger partial charge in [0, 0.05) is 17.5 Å². The van der Waals surface area contributed by atoms with Crippen LogP contribution >= 0.6 is 0 Å². The molecule has 0 saturated heterocycles. The lowest BCUT2D eigenvalue weighted by molar-refractivity contribution is 0.0698. The second-order valence-electron chi connectivity index (χ2n) is 4.66. The Hall–Kier alpha value is -1.67. The third-order valence-electron chi connectivity index (χ3n) is 3.25. The number of pyridine rings is 1. The maximum Gasteiger partial charge on any atom is 0.116 e. The van der Waals surface area contributed by atoms with Crippen LogP contribution in [0.2, 0.25) is 0 Å². The van der Waals surface area contributed by atoms with Crippen molar-refractivity contribution in [3.05, 3.63) is 65.5 Å². The quantitative estimate of drug-likeness (QED) is 0.889. The molecule has 18 heavy (non-hydrogen) atoms. The third-order valence-corrected chi connectivity index (χ3v) is 3.25. The van der Waals surface area contributed by atoms with Crippen LogP contribution in [0, 0.1) is 6.92 Å². The number of hydrogen-bond acceptors (Lipinski definition) is 2. The van der Waals surface area contributed by atoms with Gasteiger partial charge in [-0.05, 0) is 25.0 Å².